The van der Waals surface area contributed by atoms with Crippen molar-refractivity contribution in [2.24, 2.45) is 5.92 Å². The van der Waals surface area contributed by atoms with Crippen LogP contribution in [0.15, 0.2) is 24.3 Å². The van der Waals surface area contributed by atoms with Gasteiger partial charge in [-0.25, -0.2) is 14.2 Å². The minimum absolute atomic E-state index is 0.0275. The van der Waals surface area contributed by atoms with E-state index in [9.17, 15) is 14.4 Å². The van der Waals surface area contributed by atoms with E-state index in [0.29, 0.717) is 17.2 Å². The van der Waals surface area contributed by atoms with Crippen molar-refractivity contribution in [3.05, 3.63) is 35.6 Å². The van der Waals surface area contributed by atoms with Gasteiger partial charge in [-0.3, -0.25) is 0 Å². The van der Waals surface area contributed by atoms with Gasteiger partial charge in [0.05, 0.1) is 25.8 Å². The molecule has 0 unspecified atom stereocenters. The summed E-state index contributed by atoms with van der Waals surface area (Å²) in [7, 11) is 3.03. The average Bonchev–Trinajstić information content (AvgIpc) is 2.73. The molecular formula is C22H26FN5O4. The summed E-state index contributed by atoms with van der Waals surface area (Å²) in [4.78, 5) is 15.4. The number of hydrogen-bond acceptors (Lipinski definition) is 7. The molecule has 1 amide bonds. The van der Waals surface area contributed by atoms with E-state index < -0.39 is 18.0 Å². The fourth-order valence-electron chi connectivity index (χ4n) is 3.71. The molecule has 0 bridgehead atoms. The summed E-state index contributed by atoms with van der Waals surface area (Å²) < 4.78 is 25.3. The first-order chi connectivity index (χ1) is 15.4. The molecule has 1 heterocycles. The van der Waals surface area contributed by atoms with Crippen LogP contribution in [0.25, 0.3) is 0 Å². The third kappa shape index (κ3) is 5.11. The lowest BCUT2D eigenvalue weighted by molar-refractivity contribution is 0.180. The second-order valence-corrected chi connectivity index (χ2v) is 7.62. The number of nitrogens with zero attached hydrogens (tertiary/aromatic N) is 2. The zero-order chi connectivity index (χ0) is 23.3. The van der Waals surface area contributed by atoms with E-state index >= 15 is 0 Å². The van der Waals surface area contributed by atoms with Crippen LogP contribution >= 0.6 is 0 Å². The number of nitrogens with one attached hydrogen (secondary N) is 3. The number of carbonyl (C=O) groups is 1. The highest BCUT2D eigenvalue weighted by atomic mass is 19.1. The van der Waals surface area contributed by atoms with Crippen LogP contribution in [-0.2, 0) is 0 Å². The smallest absolute Gasteiger partial charge is 0.404 e. The highest BCUT2D eigenvalue weighted by Crippen LogP contribution is 2.35. The lowest BCUT2D eigenvalue weighted by Gasteiger charge is -2.38. The number of anilines is 3. The van der Waals surface area contributed by atoms with E-state index in [1.807, 2.05) is 6.07 Å². The van der Waals surface area contributed by atoms with Gasteiger partial charge >= 0.3 is 6.09 Å². The van der Waals surface area contributed by atoms with Crippen LogP contribution in [0, 0.1) is 23.1 Å². The molecule has 0 aliphatic heterocycles. The maximum atomic E-state index is 14.8. The van der Waals surface area contributed by atoms with Gasteiger partial charge in [0.1, 0.15) is 6.07 Å². The normalized spacial score (nSPS) is 15.0. The molecule has 0 radical (unpaired) electrons. The van der Waals surface area contributed by atoms with Crippen LogP contribution in [0.3, 0.4) is 0 Å². The first-order valence-corrected chi connectivity index (χ1v) is 10.2. The molecule has 1 aromatic heterocycles. The largest absolute Gasteiger partial charge is 0.493 e. The van der Waals surface area contributed by atoms with Crippen molar-refractivity contribution in [1.29, 1.82) is 5.26 Å². The van der Waals surface area contributed by atoms with Gasteiger partial charge in [0, 0.05) is 17.8 Å². The summed E-state index contributed by atoms with van der Waals surface area (Å²) in [5, 5.41) is 27.1. The first-order valence-electron chi connectivity index (χ1n) is 10.2. The Hall–Kier alpha value is -3.74. The van der Waals surface area contributed by atoms with Gasteiger partial charge in [0.15, 0.2) is 29.0 Å². The van der Waals surface area contributed by atoms with E-state index in [4.69, 9.17) is 14.6 Å². The van der Waals surface area contributed by atoms with Crippen LogP contribution in [0.1, 0.15) is 31.7 Å². The predicted molar refractivity (Wildman–Crippen MR) is 117 cm³/mol. The summed E-state index contributed by atoms with van der Waals surface area (Å²) in [5.41, 5.74) is 0.598. The molecule has 32 heavy (non-hydrogen) atoms. The van der Waals surface area contributed by atoms with Gasteiger partial charge in [0.2, 0.25) is 0 Å². The Kier molecular flexibility index (Phi) is 7.20. The zero-order valence-corrected chi connectivity index (χ0v) is 18.1. The first kappa shape index (κ1) is 22.9. The van der Waals surface area contributed by atoms with Crippen LogP contribution in [0.4, 0.5) is 26.5 Å². The lowest BCUT2D eigenvalue weighted by atomic mass is 9.77. The van der Waals surface area contributed by atoms with E-state index in [1.54, 1.807) is 25.1 Å². The summed E-state index contributed by atoms with van der Waals surface area (Å²) in [6, 6.07) is 7.33. The zero-order valence-electron chi connectivity index (χ0n) is 18.1. The van der Waals surface area contributed by atoms with E-state index in [2.05, 4.69) is 20.9 Å². The van der Waals surface area contributed by atoms with Crippen molar-refractivity contribution in [2.75, 3.05) is 24.9 Å². The van der Waals surface area contributed by atoms with Crippen LogP contribution < -0.4 is 25.4 Å². The molecule has 3 rings (SSSR count). The molecule has 1 aliphatic rings. The number of methoxy groups -OCH3 is 2. The number of nitriles is 1. The molecule has 1 aromatic carbocycles. The van der Waals surface area contributed by atoms with E-state index in [-0.39, 0.29) is 29.2 Å². The summed E-state index contributed by atoms with van der Waals surface area (Å²) in [6.45, 7) is 1.73. The number of benzene rings is 1. The second kappa shape index (κ2) is 10.0. The van der Waals surface area contributed by atoms with Crippen molar-refractivity contribution in [1.82, 2.24) is 10.3 Å². The van der Waals surface area contributed by atoms with Crippen molar-refractivity contribution in [3.8, 4) is 17.6 Å². The quantitative estimate of drug-likeness (QED) is 0.456. The van der Waals surface area contributed by atoms with Crippen molar-refractivity contribution in [3.63, 3.8) is 0 Å². The van der Waals surface area contributed by atoms with E-state index in [0.717, 1.165) is 25.3 Å². The minimum Gasteiger partial charge on any atom is -0.493 e. The van der Waals surface area contributed by atoms with Gasteiger partial charge < -0.3 is 30.5 Å². The SMILES string of the molecule is COc1ccc(Nc2nc(N[C@@H](C3CCC3)[C@H](C)NC(=O)O)c(F)cc2C#N)cc1OC. The van der Waals surface area contributed by atoms with Crippen LogP contribution in [0.2, 0.25) is 0 Å². The monoisotopic (exact) mass is 443 g/mol. The Balaban J connectivity index is 1.90. The molecule has 170 valence electrons. The van der Waals surface area contributed by atoms with Gasteiger partial charge in [-0.2, -0.15) is 5.26 Å². The highest BCUT2D eigenvalue weighted by Gasteiger charge is 2.33. The third-order valence-electron chi connectivity index (χ3n) is 5.59. The van der Waals surface area contributed by atoms with Crippen LogP contribution in [-0.4, -0.2) is 42.5 Å². The van der Waals surface area contributed by atoms with Gasteiger partial charge in [0.25, 0.3) is 0 Å². The predicted octanol–water partition coefficient (Wildman–Crippen LogP) is 4.09. The fraction of sp³-hybridized carbons (Fsp3) is 0.409. The Morgan fingerprint density at radius 2 is 1.97 bits per heavy atom. The van der Waals surface area contributed by atoms with Crippen LogP contribution in [0.5, 0.6) is 11.5 Å². The number of ether oxygens (including phenoxy) is 2. The number of halogens is 1. The number of pyridine rings is 1. The van der Waals surface area contributed by atoms with Crippen molar-refractivity contribution in [2.45, 2.75) is 38.3 Å². The van der Waals surface area contributed by atoms with E-state index in [1.165, 1.54) is 14.2 Å². The Labute approximate surface area is 185 Å². The molecule has 2 atom stereocenters. The number of hydrogen-bond donors (Lipinski definition) is 4. The number of rotatable bonds is 9. The molecule has 4 N–H and O–H groups in total. The summed E-state index contributed by atoms with van der Waals surface area (Å²) in [6.07, 6.45) is 1.72. The standard InChI is InChI=1S/C22H26FN5O4/c1-12(25-22(29)30)19(13-5-4-6-13)27-21-16(23)9-14(11-24)20(28-21)26-15-7-8-17(31-2)18(10-15)32-3/h7-10,12-13,19,25H,4-6H2,1-3H3,(H,29,30)(H2,26,27,28)/t12-,19+/m0/s1. The van der Waals surface area contributed by atoms with Gasteiger partial charge in [-0.15, -0.1) is 0 Å². The number of amides is 1. The summed E-state index contributed by atoms with van der Waals surface area (Å²) in [5.74, 6) is 0.631. The second-order valence-electron chi connectivity index (χ2n) is 7.62. The summed E-state index contributed by atoms with van der Waals surface area (Å²) >= 11 is 0. The Morgan fingerprint density at radius 1 is 1.25 bits per heavy atom. The molecule has 1 aliphatic carbocycles. The van der Waals surface area contributed by atoms with Crippen molar-refractivity contribution >= 4 is 23.4 Å². The molecular weight excluding hydrogens is 417 g/mol. The lowest BCUT2D eigenvalue weighted by Crippen LogP contribution is -2.50. The van der Waals surface area contributed by atoms with Crippen molar-refractivity contribution < 1.29 is 23.8 Å². The number of aromatic nitrogens is 1. The molecule has 0 saturated heterocycles. The maximum absolute atomic E-state index is 14.8. The minimum atomic E-state index is -1.15. The highest BCUT2D eigenvalue weighted by molar-refractivity contribution is 5.68. The van der Waals surface area contributed by atoms with Gasteiger partial charge in [-0.05, 0) is 43.9 Å². The Morgan fingerprint density at radius 3 is 2.53 bits per heavy atom. The molecule has 10 heteroatoms. The molecule has 9 nitrogen and oxygen atoms in total. The topological polar surface area (TPSA) is 129 Å². The molecule has 1 fully saturated rings. The average molecular weight is 443 g/mol. The maximum Gasteiger partial charge on any atom is 0.404 e. The molecule has 2 aromatic rings. The third-order valence-corrected chi connectivity index (χ3v) is 5.59. The molecule has 1 saturated carbocycles. The fourth-order valence-corrected chi connectivity index (χ4v) is 3.71. The molecule has 0 spiro atoms. The Bertz CT molecular complexity index is 1020. The van der Waals surface area contributed by atoms with Gasteiger partial charge in [-0.1, -0.05) is 6.42 Å². The number of carboxylic acid groups (broad SMARTS) is 1.